The molecule has 0 spiro atoms. The molecule has 32 heavy (non-hydrogen) atoms. The molecule has 2 aromatic carbocycles. The molecule has 0 unspecified atom stereocenters. The summed E-state index contributed by atoms with van der Waals surface area (Å²) in [4.78, 5) is 35.7. The van der Waals surface area contributed by atoms with Gasteiger partial charge < -0.3 is 9.80 Å². The van der Waals surface area contributed by atoms with Crippen molar-refractivity contribution in [3.05, 3.63) is 81.6 Å². The number of piperazine rings is 1. The van der Waals surface area contributed by atoms with Gasteiger partial charge in [-0.25, -0.2) is 9.97 Å². The molecule has 1 aliphatic heterocycles. The van der Waals surface area contributed by atoms with Crippen molar-refractivity contribution in [2.75, 3.05) is 41.4 Å². The molecular weight excluding hydrogens is 434 g/mol. The fourth-order valence-corrected chi connectivity index (χ4v) is 3.67. The summed E-state index contributed by atoms with van der Waals surface area (Å²) in [6.45, 7) is 2.35. The number of hydrogen-bond acceptors (Lipinski definition) is 8. The van der Waals surface area contributed by atoms with Gasteiger partial charge in [0.2, 0.25) is 11.6 Å². The first-order chi connectivity index (χ1) is 15.5. The van der Waals surface area contributed by atoms with Gasteiger partial charge in [-0.2, -0.15) is 0 Å². The van der Waals surface area contributed by atoms with E-state index in [2.05, 4.69) is 25.7 Å². The number of hydrazine groups is 1. The molecule has 0 radical (unpaired) electrons. The van der Waals surface area contributed by atoms with Crippen LogP contribution >= 0.6 is 11.6 Å². The second-order valence-electron chi connectivity index (χ2n) is 7.05. The van der Waals surface area contributed by atoms with E-state index in [1.807, 2.05) is 29.2 Å². The number of halogens is 1. The number of amides is 1. The molecule has 10 nitrogen and oxygen atoms in total. The summed E-state index contributed by atoms with van der Waals surface area (Å²) in [5.74, 6) is -0.316. The van der Waals surface area contributed by atoms with Crippen LogP contribution in [0.1, 0.15) is 10.4 Å². The van der Waals surface area contributed by atoms with Crippen molar-refractivity contribution in [1.82, 2.24) is 15.4 Å². The molecule has 0 aliphatic carbocycles. The lowest BCUT2D eigenvalue weighted by atomic mass is 10.2. The van der Waals surface area contributed by atoms with Crippen molar-refractivity contribution in [2.45, 2.75) is 0 Å². The summed E-state index contributed by atoms with van der Waals surface area (Å²) in [6, 6.07) is 16.1. The molecule has 2 heterocycles. The van der Waals surface area contributed by atoms with E-state index in [0.717, 1.165) is 5.69 Å². The van der Waals surface area contributed by atoms with Gasteiger partial charge >= 0.3 is 5.69 Å². The van der Waals surface area contributed by atoms with Crippen LogP contribution in [-0.2, 0) is 0 Å². The van der Waals surface area contributed by atoms with Crippen LogP contribution in [0.2, 0.25) is 5.02 Å². The van der Waals surface area contributed by atoms with Crippen LogP contribution in [-0.4, -0.2) is 47.0 Å². The topological polar surface area (TPSA) is 117 Å². The van der Waals surface area contributed by atoms with E-state index in [0.29, 0.717) is 36.8 Å². The number of nitrogens with one attached hydrogen (secondary N) is 2. The molecule has 1 saturated heterocycles. The molecule has 1 fully saturated rings. The first-order valence-corrected chi connectivity index (χ1v) is 10.3. The molecule has 2 N–H and O–H groups in total. The number of anilines is 3. The largest absolute Gasteiger partial charge is 0.368 e. The van der Waals surface area contributed by atoms with Crippen molar-refractivity contribution >= 4 is 40.5 Å². The second kappa shape index (κ2) is 9.48. The highest BCUT2D eigenvalue weighted by Crippen LogP contribution is 2.32. The molecule has 1 aromatic heterocycles. The molecule has 164 valence electrons. The van der Waals surface area contributed by atoms with Crippen molar-refractivity contribution < 1.29 is 9.72 Å². The number of nitro groups is 1. The van der Waals surface area contributed by atoms with Crippen LogP contribution in [0.3, 0.4) is 0 Å². The summed E-state index contributed by atoms with van der Waals surface area (Å²) in [6.07, 6.45) is 1.24. The summed E-state index contributed by atoms with van der Waals surface area (Å²) in [5, 5.41) is 12.5. The van der Waals surface area contributed by atoms with Gasteiger partial charge in [0.05, 0.1) is 4.92 Å². The van der Waals surface area contributed by atoms with Crippen LogP contribution in [0.25, 0.3) is 0 Å². The maximum atomic E-state index is 12.3. The highest BCUT2D eigenvalue weighted by Gasteiger charge is 2.29. The van der Waals surface area contributed by atoms with E-state index in [9.17, 15) is 14.9 Å². The van der Waals surface area contributed by atoms with Crippen LogP contribution in [0.5, 0.6) is 0 Å². The lowest BCUT2D eigenvalue weighted by molar-refractivity contribution is -0.383. The minimum Gasteiger partial charge on any atom is -0.368 e. The Bertz CT molecular complexity index is 1120. The van der Waals surface area contributed by atoms with E-state index in [1.54, 1.807) is 30.3 Å². The van der Waals surface area contributed by atoms with E-state index >= 15 is 0 Å². The molecule has 0 atom stereocenters. The predicted molar refractivity (Wildman–Crippen MR) is 122 cm³/mol. The average Bonchev–Trinajstić information content (AvgIpc) is 2.83. The lowest BCUT2D eigenvalue weighted by Crippen LogP contribution is -2.47. The predicted octanol–water partition coefficient (Wildman–Crippen LogP) is 3.12. The highest BCUT2D eigenvalue weighted by atomic mass is 35.5. The molecular formula is C21H20ClN7O3. The average molecular weight is 454 g/mol. The van der Waals surface area contributed by atoms with Gasteiger partial charge in [-0.3, -0.25) is 25.8 Å². The SMILES string of the molecule is O=C(NNc1ncnc(N2CCN(c3cccc(Cl)c3)CC2)c1[N+](=O)[O-])c1ccccc1. The van der Waals surface area contributed by atoms with E-state index in [1.165, 1.54) is 6.33 Å². The van der Waals surface area contributed by atoms with E-state index in [-0.39, 0.29) is 17.3 Å². The molecule has 0 saturated carbocycles. The minimum atomic E-state index is -0.546. The number of benzene rings is 2. The molecule has 3 aromatic rings. The number of rotatable bonds is 6. The minimum absolute atomic E-state index is 0.0819. The maximum Gasteiger partial charge on any atom is 0.355 e. The van der Waals surface area contributed by atoms with E-state index in [4.69, 9.17) is 11.6 Å². The Balaban J connectivity index is 1.48. The first-order valence-electron chi connectivity index (χ1n) is 9.89. The molecule has 4 rings (SSSR count). The lowest BCUT2D eigenvalue weighted by Gasteiger charge is -2.36. The standard InChI is InChI=1S/C21H20ClN7O3/c22-16-7-4-8-17(13-16)27-9-11-28(12-10-27)20-18(29(31)32)19(23-14-24-20)25-26-21(30)15-5-2-1-3-6-15/h1-8,13-14H,9-12H2,(H,26,30)(H,23,24,25). The van der Waals surface area contributed by atoms with Crippen LogP contribution < -0.4 is 20.7 Å². The third-order valence-corrected chi connectivity index (χ3v) is 5.30. The number of nitrogens with zero attached hydrogens (tertiary/aromatic N) is 5. The number of carbonyl (C=O) groups excluding carboxylic acids is 1. The zero-order valence-corrected chi connectivity index (χ0v) is 17.7. The van der Waals surface area contributed by atoms with E-state index < -0.39 is 10.8 Å². The summed E-state index contributed by atoms with van der Waals surface area (Å²) < 4.78 is 0. The van der Waals surface area contributed by atoms with Crippen molar-refractivity contribution in [3.8, 4) is 0 Å². The Morgan fingerprint density at radius 3 is 2.41 bits per heavy atom. The fraction of sp³-hybridized carbons (Fsp3) is 0.190. The van der Waals surface area contributed by atoms with Crippen molar-refractivity contribution in [3.63, 3.8) is 0 Å². The molecule has 0 bridgehead atoms. The zero-order valence-electron chi connectivity index (χ0n) is 16.9. The van der Waals surface area contributed by atoms with Gasteiger partial charge in [-0.1, -0.05) is 35.9 Å². The Hall–Kier alpha value is -3.92. The third kappa shape index (κ3) is 4.70. The number of carbonyl (C=O) groups is 1. The number of hydrogen-bond donors (Lipinski definition) is 2. The van der Waals surface area contributed by atoms with Gasteiger partial charge in [0.25, 0.3) is 5.91 Å². The zero-order chi connectivity index (χ0) is 22.5. The monoisotopic (exact) mass is 453 g/mol. The van der Waals surface area contributed by atoms with Crippen molar-refractivity contribution in [2.24, 2.45) is 0 Å². The normalized spacial score (nSPS) is 13.5. The van der Waals surface area contributed by atoms with Gasteiger partial charge in [-0.15, -0.1) is 0 Å². The van der Waals surface area contributed by atoms with Crippen LogP contribution in [0, 0.1) is 10.1 Å². The second-order valence-corrected chi connectivity index (χ2v) is 7.49. The van der Waals surface area contributed by atoms with Gasteiger partial charge in [-0.05, 0) is 30.3 Å². The highest BCUT2D eigenvalue weighted by molar-refractivity contribution is 6.30. The summed E-state index contributed by atoms with van der Waals surface area (Å²) in [5.41, 5.74) is 6.14. The quantitative estimate of drug-likeness (QED) is 0.432. The molecule has 11 heteroatoms. The maximum absolute atomic E-state index is 12.3. The van der Waals surface area contributed by atoms with Gasteiger partial charge in [0.15, 0.2) is 0 Å². The van der Waals surface area contributed by atoms with Crippen LogP contribution in [0.15, 0.2) is 60.9 Å². The Morgan fingerprint density at radius 1 is 1.00 bits per heavy atom. The fourth-order valence-electron chi connectivity index (χ4n) is 3.49. The summed E-state index contributed by atoms with van der Waals surface area (Å²) in [7, 11) is 0. The number of aromatic nitrogens is 2. The summed E-state index contributed by atoms with van der Waals surface area (Å²) >= 11 is 6.09. The molecule has 1 aliphatic rings. The van der Waals surface area contributed by atoms with Crippen molar-refractivity contribution in [1.29, 1.82) is 0 Å². The first kappa shape index (κ1) is 21.3. The van der Waals surface area contributed by atoms with Gasteiger partial charge in [0.1, 0.15) is 6.33 Å². The Labute approximate surface area is 189 Å². The third-order valence-electron chi connectivity index (χ3n) is 5.07. The molecule has 1 amide bonds. The smallest absolute Gasteiger partial charge is 0.355 e. The Morgan fingerprint density at radius 2 is 1.72 bits per heavy atom. The van der Waals surface area contributed by atoms with Gasteiger partial charge in [0, 0.05) is 42.5 Å². The Kier molecular flexibility index (Phi) is 6.31. The van der Waals surface area contributed by atoms with Crippen LogP contribution in [0.4, 0.5) is 23.0 Å².